The Balaban J connectivity index is 1.86. The molecule has 2 rings (SSSR count). The van der Waals surface area contributed by atoms with Gasteiger partial charge in [-0.15, -0.1) is 11.3 Å². The molecule has 1 unspecified atom stereocenters. The first-order valence-electron chi connectivity index (χ1n) is 8.89. The van der Waals surface area contributed by atoms with E-state index in [1.807, 2.05) is 16.7 Å². The minimum atomic E-state index is -0.121. The van der Waals surface area contributed by atoms with Gasteiger partial charge in [0.05, 0.1) is 23.2 Å². The van der Waals surface area contributed by atoms with Crippen LogP contribution in [0.5, 0.6) is 0 Å². The largest absolute Gasteiger partial charge is 0.465 e. The van der Waals surface area contributed by atoms with E-state index in [0.29, 0.717) is 25.5 Å². The molecule has 0 N–H and O–H groups in total. The van der Waals surface area contributed by atoms with Gasteiger partial charge in [-0.25, -0.2) is 0 Å². The number of carbonyl (C=O) groups is 1. The lowest BCUT2D eigenvalue weighted by molar-refractivity contribution is -0.145. The molecule has 0 amide bonds. The van der Waals surface area contributed by atoms with E-state index in [-0.39, 0.29) is 5.97 Å². The molecule has 0 saturated heterocycles. The van der Waals surface area contributed by atoms with Gasteiger partial charge in [0, 0.05) is 6.54 Å². The molecule has 3 nitrogen and oxygen atoms in total. The molecule has 0 radical (unpaired) electrons. The first-order valence-corrected chi connectivity index (χ1v) is 10.1. The highest BCUT2D eigenvalue weighted by Gasteiger charge is 2.12. The Bertz CT molecular complexity index is 705. The zero-order valence-corrected chi connectivity index (χ0v) is 16.3. The zero-order chi connectivity index (χ0) is 17.4. The number of nitrogens with zero attached hydrogens (tertiary/aromatic N) is 1. The molecular formula is C19H27NO2S2. The van der Waals surface area contributed by atoms with E-state index in [4.69, 9.17) is 17.0 Å². The third-order valence-corrected chi connectivity index (χ3v) is 5.69. The Morgan fingerprint density at radius 2 is 2.04 bits per heavy atom. The van der Waals surface area contributed by atoms with E-state index < -0.39 is 0 Å². The highest BCUT2D eigenvalue weighted by molar-refractivity contribution is 7.73. The van der Waals surface area contributed by atoms with E-state index >= 15 is 0 Å². The summed E-state index contributed by atoms with van der Waals surface area (Å²) in [6.07, 6.45) is 6.20. The van der Waals surface area contributed by atoms with E-state index in [1.165, 1.54) is 17.5 Å². The number of carbonyl (C=O) groups excluding carboxylic acids is 1. The summed E-state index contributed by atoms with van der Waals surface area (Å²) in [5.74, 6) is 0.382. The summed E-state index contributed by atoms with van der Waals surface area (Å²) in [4.78, 5) is 12.1. The average molecular weight is 366 g/mol. The Hall–Kier alpha value is -1.20. The number of aromatic nitrogens is 1. The van der Waals surface area contributed by atoms with Gasteiger partial charge in [0.15, 0.2) is 3.95 Å². The van der Waals surface area contributed by atoms with Crippen molar-refractivity contribution >= 4 is 39.7 Å². The molecule has 0 aliphatic heterocycles. The highest BCUT2D eigenvalue weighted by atomic mass is 32.1. The minimum Gasteiger partial charge on any atom is -0.465 e. The number of aryl methyl sites for hydroxylation is 1. The van der Waals surface area contributed by atoms with Gasteiger partial charge in [0.2, 0.25) is 0 Å². The maximum absolute atomic E-state index is 12.1. The Morgan fingerprint density at radius 1 is 1.25 bits per heavy atom. The second-order valence-electron chi connectivity index (χ2n) is 6.22. The van der Waals surface area contributed by atoms with Gasteiger partial charge in [-0.2, -0.15) is 0 Å². The molecule has 1 aromatic carbocycles. The molecule has 0 aliphatic carbocycles. The van der Waals surface area contributed by atoms with Crippen molar-refractivity contribution in [3.8, 4) is 0 Å². The van der Waals surface area contributed by atoms with E-state index in [9.17, 15) is 4.79 Å². The summed E-state index contributed by atoms with van der Waals surface area (Å²) in [5, 5.41) is 0. The number of ether oxygens (including phenoxy) is 1. The molecule has 24 heavy (non-hydrogen) atoms. The summed E-state index contributed by atoms with van der Waals surface area (Å²) in [6, 6.07) is 8.13. The normalized spacial score (nSPS) is 12.4. The molecule has 2 aromatic rings. The summed E-state index contributed by atoms with van der Waals surface area (Å²) in [5.41, 5.74) is 1.10. The number of thiazole rings is 1. The van der Waals surface area contributed by atoms with Crippen LogP contribution >= 0.6 is 23.6 Å². The van der Waals surface area contributed by atoms with Crippen molar-refractivity contribution < 1.29 is 9.53 Å². The molecule has 0 fully saturated rings. The van der Waals surface area contributed by atoms with Crippen molar-refractivity contribution in [1.82, 2.24) is 4.57 Å². The summed E-state index contributed by atoms with van der Waals surface area (Å²) >= 11 is 7.01. The number of benzene rings is 1. The third kappa shape index (κ3) is 5.42. The Labute approximate surface area is 153 Å². The van der Waals surface area contributed by atoms with Crippen LogP contribution in [-0.4, -0.2) is 17.1 Å². The predicted octanol–water partition coefficient (Wildman–Crippen LogP) is 5.97. The molecule has 0 spiro atoms. The van der Waals surface area contributed by atoms with Crippen molar-refractivity contribution in [3.05, 3.63) is 28.2 Å². The first kappa shape index (κ1) is 19.1. The van der Waals surface area contributed by atoms with Gasteiger partial charge >= 0.3 is 5.97 Å². The SMILES string of the molecule is CCCCC(CCC)COC(=O)CCn1c(=S)sc2ccccc21. The number of esters is 1. The second-order valence-corrected chi connectivity index (χ2v) is 7.89. The van der Waals surface area contributed by atoms with E-state index in [2.05, 4.69) is 26.0 Å². The van der Waals surface area contributed by atoms with Crippen molar-refractivity contribution in [3.63, 3.8) is 0 Å². The Morgan fingerprint density at radius 3 is 2.79 bits per heavy atom. The number of para-hydroxylation sites is 1. The lowest BCUT2D eigenvalue weighted by Gasteiger charge is -2.16. The maximum atomic E-state index is 12.1. The number of unbranched alkanes of at least 4 members (excludes halogenated alkanes) is 1. The molecule has 1 atom stereocenters. The monoisotopic (exact) mass is 365 g/mol. The van der Waals surface area contributed by atoms with E-state index in [0.717, 1.165) is 28.7 Å². The number of hydrogen-bond acceptors (Lipinski definition) is 4. The summed E-state index contributed by atoms with van der Waals surface area (Å²) < 4.78 is 9.54. The number of fused-ring (bicyclic) bond motifs is 1. The van der Waals surface area contributed by atoms with Crippen LogP contribution in [0, 0.1) is 9.87 Å². The van der Waals surface area contributed by atoms with Gasteiger partial charge in [0.1, 0.15) is 0 Å². The third-order valence-electron chi connectivity index (χ3n) is 4.26. The van der Waals surface area contributed by atoms with Crippen molar-refractivity contribution in [2.24, 2.45) is 5.92 Å². The average Bonchev–Trinajstić information content (AvgIpc) is 2.90. The molecule has 5 heteroatoms. The van der Waals surface area contributed by atoms with Gasteiger partial charge in [-0.05, 0) is 43.1 Å². The van der Waals surface area contributed by atoms with Crippen LogP contribution in [0.4, 0.5) is 0 Å². The van der Waals surface area contributed by atoms with Gasteiger partial charge < -0.3 is 9.30 Å². The van der Waals surface area contributed by atoms with Gasteiger partial charge in [-0.3, -0.25) is 4.79 Å². The molecule has 1 heterocycles. The van der Waals surface area contributed by atoms with Gasteiger partial charge in [-0.1, -0.05) is 45.2 Å². The van der Waals surface area contributed by atoms with Crippen LogP contribution in [0.15, 0.2) is 24.3 Å². The van der Waals surface area contributed by atoms with Crippen LogP contribution in [-0.2, 0) is 16.1 Å². The topological polar surface area (TPSA) is 31.2 Å². The fourth-order valence-corrected chi connectivity index (χ4v) is 4.30. The molecule has 0 aliphatic rings. The fourth-order valence-electron chi connectivity index (χ4n) is 2.92. The molecular weight excluding hydrogens is 338 g/mol. The predicted molar refractivity (Wildman–Crippen MR) is 104 cm³/mol. The zero-order valence-electron chi connectivity index (χ0n) is 14.6. The fraction of sp³-hybridized carbons (Fsp3) is 0.579. The van der Waals surface area contributed by atoms with Crippen molar-refractivity contribution in [1.29, 1.82) is 0 Å². The molecule has 0 saturated carbocycles. The summed E-state index contributed by atoms with van der Waals surface area (Å²) in [6.45, 7) is 5.53. The summed E-state index contributed by atoms with van der Waals surface area (Å²) in [7, 11) is 0. The lowest BCUT2D eigenvalue weighted by Crippen LogP contribution is -2.16. The minimum absolute atomic E-state index is 0.121. The molecule has 132 valence electrons. The lowest BCUT2D eigenvalue weighted by atomic mass is 9.98. The number of rotatable bonds is 10. The van der Waals surface area contributed by atoms with Crippen molar-refractivity contribution in [2.75, 3.05) is 6.61 Å². The van der Waals surface area contributed by atoms with Crippen LogP contribution in [0.2, 0.25) is 0 Å². The first-order chi connectivity index (χ1) is 11.7. The van der Waals surface area contributed by atoms with E-state index in [1.54, 1.807) is 11.3 Å². The van der Waals surface area contributed by atoms with Crippen LogP contribution in [0.3, 0.4) is 0 Å². The van der Waals surface area contributed by atoms with Gasteiger partial charge in [0.25, 0.3) is 0 Å². The van der Waals surface area contributed by atoms with Crippen LogP contribution < -0.4 is 0 Å². The smallest absolute Gasteiger partial charge is 0.307 e. The molecule has 1 aromatic heterocycles. The standard InChI is InChI=1S/C19H27NO2S2/c1-3-5-9-15(8-4-2)14-22-18(21)12-13-20-16-10-6-7-11-17(16)24-19(20)23/h6-7,10-11,15H,3-5,8-9,12-14H2,1-2H3. The van der Waals surface area contributed by atoms with Crippen LogP contribution in [0.25, 0.3) is 10.2 Å². The van der Waals surface area contributed by atoms with Crippen molar-refractivity contribution in [2.45, 2.75) is 58.9 Å². The quantitative estimate of drug-likeness (QED) is 0.384. The van der Waals surface area contributed by atoms with Crippen LogP contribution in [0.1, 0.15) is 52.4 Å². The number of hydrogen-bond donors (Lipinski definition) is 0. The molecule has 0 bridgehead atoms. The maximum Gasteiger partial charge on any atom is 0.307 e. The second kappa shape index (κ2) is 9.94. The Kier molecular flexibility index (Phi) is 7.92. The highest BCUT2D eigenvalue weighted by Crippen LogP contribution is 2.23.